The number of nitrogens with one attached hydrogen (secondary N) is 1. The molecule has 1 saturated carbocycles. The second-order valence-electron chi connectivity index (χ2n) is 5.01. The fourth-order valence-electron chi connectivity index (χ4n) is 2.70. The molecule has 1 N–H and O–H groups in total. The lowest BCUT2D eigenvalue weighted by atomic mass is 10.2. The minimum atomic E-state index is 0.695. The normalized spacial score (nSPS) is 23.7. The van der Waals surface area contributed by atoms with E-state index in [-0.39, 0.29) is 0 Å². The van der Waals surface area contributed by atoms with Crippen molar-refractivity contribution in [2.45, 2.75) is 63.9 Å². The van der Waals surface area contributed by atoms with Crippen LogP contribution in [0.4, 0.5) is 0 Å². The Hall–Kier alpha value is -0.480. The quantitative estimate of drug-likeness (QED) is 0.823. The summed E-state index contributed by atoms with van der Waals surface area (Å²) in [6.07, 6.45) is 9.20. The van der Waals surface area contributed by atoms with Crippen molar-refractivity contribution in [3.8, 4) is 0 Å². The zero-order valence-corrected chi connectivity index (χ0v) is 12.4. The molecule has 2 unspecified atom stereocenters. The summed E-state index contributed by atoms with van der Waals surface area (Å²) in [5.74, 6) is 2.43. The lowest BCUT2D eigenvalue weighted by molar-refractivity contribution is 0.498. The smallest absolute Gasteiger partial charge is 0.122 e. The molecular formula is C14H25N3S. The van der Waals surface area contributed by atoms with Gasteiger partial charge < -0.3 is 9.88 Å². The number of hydrogen-bond donors (Lipinski definition) is 1. The summed E-state index contributed by atoms with van der Waals surface area (Å²) in [5, 5.41) is 4.55. The summed E-state index contributed by atoms with van der Waals surface area (Å²) in [7, 11) is 0. The monoisotopic (exact) mass is 267 g/mol. The predicted molar refractivity (Wildman–Crippen MR) is 78.9 cm³/mol. The van der Waals surface area contributed by atoms with E-state index in [9.17, 15) is 0 Å². The van der Waals surface area contributed by atoms with Crippen LogP contribution in [-0.2, 0) is 13.1 Å². The molecule has 1 aliphatic rings. The Bertz CT molecular complexity index is 351. The Kier molecular flexibility index (Phi) is 5.57. The Labute approximate surface area is 115 Å². The van der Waals surface area contributed by atoms with E-state index in [4.69, 9.17) is 0 Å². The van der Waals surface area contributed by atoms with Crippen molar-refractivity contribution in [1.82, 2.24) is 14.9 Å². The van der Waals surface area contributed by atoms with Crippen LogP contribution in [0.3, 0.4) is 0 Å². The Morgan fingerprint density at radius 1 is 1.44 bits per heavy atom. The largest absolute Gasteiger partial charge is 0.334 e. The molecule has 0 saturated heterocycles. The van der Waals surface area contributed by atoms with Crippen LogP contribution in [-0.4, -0.2) is 26.6 Å². The van der Waals surface area contributed by atoms with Gasteiger partial charge in [0.15, 0.2) is 0 Å². The first kappa shape index (κ1) is 13.9. The minimum Gasteiger partial charge on any atom is -0.334 e. The molecule has 1 fully saturated rings. The van der Waals surface area contributed by atoms with E-state index in [1.165, 1.54) is 37.3 Å². The van der Waals surface area contributed by atoms with E-state index in [2.05, 4.69) is 46.7 Å². The third kappa shape index (κ3) is 3.75. The van der Waals surface area contributed by atoms with Gasteiger partial charge in [-0.2, -0.15) is 11.8 Å². The van der Waals surface area contributed by atoms with Crippen LogP contribution in [0.2, 0.25) is 0 Å². The highest BCUT2D eigenvalue weighted by Gasteiger charge is 2.24. The van der Waals surface area contributed by atoms with Gasteiger partial charge >= 0.3 is 0 Å². The first-order valence-corrected chi connectivity index (χ1v) is 8.23. The van der Waals surface area contributed by atoms with Crippen molar-refractivity contribution in [2.75, 3.05) is 5.75 Å². The third-order valence-electron chi connectivity index (χ3n) is 3.60. The number of aromatic nitrogens is 2. The number of hydrogen-bond acceptors (Lipinski definition) is 3. The molecule has 0 bridgehead atoms. The SMILES string of the molecule is CCCn1ccnc1CNC1CCC(SCC)C1. The van der Waals surface area contributed by atoms with Crippen molar-refractivity contribution in [3.05, 3.63) is 18.2 Å². The van der Waals surface area contributed by atoms with Crippen LogP contribution >= 0.6 is 11.8 Å². The summed E-state index contributed by atoms with van der Waals surface area (Å²) in [5.41, 5.74) is 0. The molecule has 0 aromatic carbocycles. The molecule has 2 atom stereocenters. The van der Waals surface area contributed by atoms with E-state index < -0.39 is 0 Å². The topological polar surface area (TPSA) is 29.9 Å². The average molecular weight is 267 g/mol. The standard InChI is InChI=1S/C14H25N3S/c1-3-8-17-9-7-15-14(17)11-16-12-5-6-13(10-12)18-4-2/h7,9,12-13,16H,3-6,8,10-11H2,1-2H3. The van der Waals surface area contributed by atoms with Gasteiger partial charge in [0.1, 0.15) is 5.82 Å². The molecule has 2 rings (SSSR count). The molecule has 102 valence electrons. The number of thioether (sulfide) groups is 1. The molecule has 0 spiro atoms. The van der Waals surface area contributed by atoms with Gasteiger partial charge in [0, 0.05) is 30.2 Å². The van der Waals surface area contributed by atoms with Gasteiger partial charge in [0.25, 0.3) is 0 Å². The van der Waals surface area contributed by atoms with Crippen LogP contribution in [0, 0.1) is 0 Å². The van der Waals surface area contributed by atoms with Gasteiger partial charge in [0.2, 0.25) is 0 Å². The van der Waals surface area contributed by atoms with Crippen molar-refractivity contribution >= 4 is 11.8 Å². The first-order valence-electron chi connectivity index (χ1n) is 7.18. The Balaban J connectivity index is 1.76. The van der Waals surface area contributed by atoms with Crippen molar-refractivity contribution < 1.29 is 0 Å². The molecule has 4 heteroatoms. The van der Waals surface area contributed by atoms with Crippen molar-refractivity contribution in [2.24, 2.45) is 0 Å². The number of imidazole rings is 1. The van der Waals surface area contributed by atoms with Crippen LogP contribution < -0.4 is 5.32 Å². The minimum absolute atomic E-state index is 0.695. The van der Waals surface area contributed by atoms with Crippen LogP contribution in [0.15, 0.2) is 12.4 Å². The summed E-state index contributed by atoms with van der Waals surface area (Å²) >= 11 is 2.12. The summed E-state index contributed by atoms with van der Waals surface area (Å²) in [6, 6.07) is 0.695. The zero-order valence-electron chi connectivity index (χ0n) is 11.6. The van der Waals surface area contributed by atoms with Crippen LogP contribution in [0.25, 0.3) is 0 Å². The van der Waals surface area contributed by atoms with E-state index >= 15 is 0 Å². The van der Waals surface area contributed by atoms with Gasteiger partial charge in [-0.15, -0.1) is 0 Å². The number of aryl methyl sites for hydroxylation is 1. The average Bonchev–Trinajstić information content (AvgIpc) is 2.97. The van der Waals surface area contributed by atoms with Gasteiger partial charge in [-0.3, -0.25) is 0 Å². The van der Waals surface area contributed by atoms with Gasteiger partial charge in [0.05, 0.1) is 6.54 Å². The maximum Gasteiger partial charge on any atom is 0.122 e. The Morgan fingerprint density at radius 2 is 2.33 bits per heavy atom. The highest BCUT2D eigenvalue weighted by molar-refractivity contribution is 7.99. The zero-order chi connectivity index (χ0) is 12.8. The van der Waals surface area contributed by atoms with Crippen LogP contribution in [0.5, 0.6) is 0 Å². The van der Waals surface area contributed by atoms with Crippen molar-refractivity contribution in [3.63, 3.8) is 0 Å². The third-order valence-corrected chi connectivity index (χ3v) is 4.83. The summed E-state index contributed by atoms with van der Waals surface area (Å²) in [4.78, 5) is 4.45. The molecule has 3 nitrogen and oxygen atoms in total. The fourth-order valence-corrected chi connectivity index (χ4v) is 3.84. The molecule has 1 aliphatic carbocycles. The molecular weight excluding hydrogens is 242 g/mol. The second kappa shape index (κ2) is 7.19. The molecule has 18 heavy (non-hydrogen) atoms. The highest BCUT2D eigenvalue weighted by Crippen LogP contribution is 2.29. The molecule has 1 heterocycles. The molecule has 1 aromatic rings. The molecule has 0 radical (unpaired) electrons. The lowest BCUT2D eigenvalue weighted by Crippen LogP contribution is -2.27. The molecule has 0 aliphatic heterocycles. The van der Waals surface area contributed by atoms with E-state index in [1.54, 1.807) is 0 Å². The maximum atomic E-state index is 4.45. The van der Waals surface area contributed by atoms with Gasteiger partial charge in [-0.05, 0) is 31.4 Å². The predicted octanol–water partition coefficient (Wildman–Crippen LogP) is 3.06. The summed E-state index contributed by atoms with van der Waals surface area (Å²) in [6.45, 7) is 6.46. The highest BCUT2D eigenvalue weighted by atomic mass is 32.2. The fraction of sp³-hybridized carbons (Fsp3) is 0.786. The lowest BCUT2D eigenvalue weighted by Gasteiger charge is -2.13. The van der Waals surface area contributed by atoms with E-state index in [0.29, 0.717) is 6.04 Å². The molecule has 0 amide bonds. The maximum absolute atomic E-state index is 4.45. The second-order valence-corrected chi connectivity index (χ2v) is 6.58. The van der Waals surface area contributed by atoms with Crippen molar-refractivity contribution in [1.29, 1.82) is 0 Å². The molecule has 1 aromatic heterocycles. The van der Waals surface area contributed by atoms with E-state index in [0.717, 1.165) is 18.3 Å². The van der Waals surface area contributed by atoms with Crippen LogP contribution in [0.1, 0.15) is 45.4 Å². The Morgan fingerprint density at radius 3 is 3.11 bits per heavy atom. The van der Waals surface area contributed by atoms with Gasteiger partial charge in [-0.25, -0.2) is 4.98 Å². The number of rotatable bonds is 7. The summed E-state index contributed by atoms with van der Waals surface area (Å²) < 4.78 is 2.26. The number of nitrogens with zero attached hydrogens (tertiary/aromatic N) is 2. The van der Waals surface area contributed by atoms with Gasteiger partial charge in [-0.1, -0.05) is 13.8 Å². The van der Waals surface area contributed by atoms with E-state index in [1.807, 2.05) is 6.20 Å². The first-order chi connectivity index (χ1) is 8.83.